The summed E-state index contributed by atoms with van der Waals surface area (Å²) in [5.41, 5.74) is 5.26. The molecule has 3 N–H and O–H groups in total. The minimum absolute atomic E-state index is 0. The van der Waals surface area contributed by atoms with Gasteiger partial charge < -0.3 is 7.16 Å². The van der Waals surface area contributed by atoms with Gasteiger partial charge in [-0.25, -0.2) is 0 Å². The number of ketones is 1. The summed E-state index contributed by atoms with van der Waals surface area (Å²) in [4.78, 5) is 11.7. The Kier molecular flexibility index (Phi) is 23.0. The van der Waals surface area contributed by atoms with E-state index in [0.717, 1.165) is 12.8 Å². The Morgan fingerprint density at radius 3 is 1.44 bits per heavy atom. The van der Waals surface area contributed by atoms with Crippen molar-refractivity contribution in [2.75, 3.05) is 6.54 Å². The molecule has 1 atom stereocenters. The van der Waals surface area contributed by atoms with Gasteiger partial charge in [-0.15, -0.1) is 0 Å². The summed E-state index contributed by atoms with van der Waals surface area (Å²) in [6, 6.07) is 0. The number of rotatable bonds is 19. The molecule has 0 fully saturated rings. The molecule has 5 nitrogen and oxygen atoms in total. The number of nitrogens with two attached hydrogens (primary N) is 1. The van der Waals surface area contributed by atoms with Crippen LogP contribution in [0.2, 0.25) is 0 Å². The minimum Gasteiger partial charge on any atom is -1.00 e. The third-order valence-corrected chi connectivity index (χ3v) is 6.13. The first kappa shape index (κ1) is 30.4. The van der Waals surface area contributed by atoms with Crippen molar-refractivity contribution in [1.82, 2.24) is 0 Å². The smallest absolute Gasteiger partial charge is 1.00 e. The second-order valence-corrected chi connectivity index (χ2v) is 9.00. The number of Topliss-reactive ketones (excluding diaryl/α,β-unsaturated/α-hetero) is 1. The molecule has 0 rings (SSSR count). The first-order chi connectivity index (χ1) is 12.4. The van der Waals surface area contributed by atoms with Crippen LogP contribution >= 0.6 is 0 Å². The molecule has 0 aromatic rings. The number of hydrogen-bond acceptors (Lipinski definition) is 4. The van der Waals surface area contributed by atoms with Gasteiger partial charge >= 0.3 is 51.4 Å². The van der Waals surface area contributed by atoms with E-state index in [1.807, 2.05) is 0 Å². The molecular weight excluding hydrogens is 389 g/mol. The number of carbonyl (C=O) groups excluding carboxylic acids is 1. The largest absolute Gasteiger partial charge is 1.00 e. The maximum Gasteiger partial charge on any atom is 1.00 e. The van der Waals surface area contributed by atoms with E-state index in [2.05, 4.69) is 6.92 Å². The predicted molar refractivity (Wildman–Crippen MR) is 110 cm³/mol. The molecular formula is C20H42KNO4S. The van der Waals surface area contributed by atoms with Crippen molar-refractivity contribution >= 4 is 15.9 Å². The van der Waals surface area contributed by atoms with Crippen LogP contribution in [0.5, 0.6) is 0 Å². The molecule has 0 aromatic carbocycles. The van der Waals surface area contributed by atoms with Crippen LogP contribution in [0.15, 0.2) is 0 Å². The molecule has 0 aliphatic heterocycles. The number of unbranched alkanes of at least 4 members (excludes halogenated alkanes) is 14. The fourth-order valence-electron chi connectivity index (χ4n) is 3.25. The fourth-order valence-corrected chi connectivity index (χ4v) is 3.94. The van der Waals surface area contributed by atoms with Gasteiger partial charge in [0.25, 0.3) is 10.1 Å². The van der Waals surface area contributed by atoms with Crippen LogP contribution in [0.4, 0.5) is 0 Å². The Morgan fingerprint density at radius 1 is 0.815 bits per heavy atom. The molecule has 158 valence electrons. The van der Waals surface area contributed by atoms with Gasteiger partial charge in [-0.05, 0) is 6.42 Å². The zero-order chi connectivity index (χ0) is 19.7. The van der Waals surface area contributed by atoms with E-state index in [0.29, 0.717) is 6.42 Å². The summed E-state index contributed by atoms with van der Waals surface area (Å²) in [5, 5.41) is -1.45. The fraction of sp³-hybridized carbons (Fsp3) is 0.950. The summed E-state index contributed by atoms with van der Waals surface area (Å²) >= 11 is 0. The molecule has 0 aliphatic rings. The maximum atomic E-state index is 11.7. The first-order valence-electron chi connectivity index (χ1n) is 10.6. The Hall–Kier alpha value is 1.18. The van der Waals surface area contributed by atoms with Crippen molar-refractivity contribution in [1.29, 1.82) is 0 Å². The van der Waals surface area contributed by atoms with E-state index in [1.54, 1.807) is 0 Å². The van der Waals surface area contributed by atoms with E-state index in [4.69, 9.17) is 10.3 Å². The summed E-state index contributed by atoms with van der Waals surface area (Å²) in [5.74, 6) is -0.468. The minimum atomic E-state index is -4.36. The Balaban J connectivity index is -0.00000312. The number of carbonyl (C=O) groups is 1. The van der Waals surface area contributed by atoms with E-state index in [1.165, 1.54) is 77.0 Å². The zero-order valence-electron chi connectivity index (χ0n) is 18.8. The van der Waals surface area contributed by atoms with Gasteiger partial charge in [0.1, 0.15) is 0 Å². The molecule has 0 saturated heterocycles. The van der Waals surface area contributed by atoms with Crippen LogP contribution in [0.1, 0.15) is 111 Å². The summed E-state index contributed by atoms with van der Waals surface area (Å²) < 4.78 is 31.0. The van der Waals surface area contributed by atoms with Crippen molar-refractivity contribution in [2.45, 2.75) is 115 Å². The van der Waals surface area contributed by atoms with Crippen LogP contribution in [0, 0.1) is 0 Å². The standard InChI is InChI=1S/C20H41NO4S.K.H/c1-2-3-4-5-6-7-8-9-10-11-12-13-14-15-16-17-19(22)20(18-21)26(23,24)25;;/h20H,2-18,21H2,1H3,(H,23,24,25);;/q;+1;-1. The maximum absolute atomic E-state index is 11.7. The van der Waals surface area contributed by atoms with E-state index in [9.17, 15) is 13.2 Å². The molecule has 0 aliphatic carbocycles. The van der Waals surface area contributed by atoms with E-state index < -0.39 is 21.2 Å². The Morgan fingerprint density at radius 2 is 1.15 bits per heavy atom. The molecule has 0 heterocycles. The summed E-state index contributed by atoms with van der Waals surface area (Å²) in [7, 11) is -4.36. The van der Waals surface area contributed by atoms with E-state index in [-0.39, 0.29) is 65.8 Å². The van der Waals surface area contributed by atoms with Gasteiger partial charge in [0.15, 0.2) is 11.0 Å². The average molecular weight is 432 g/mol. The molecule has 0 bridgehead atoms. The molecule has 1 unspecified atom stereocenters. The SMILES string of the molecule is CCCCCCCCCCCCCCCCCC(=O)C(CN)S(=O)(=O)O.[H-].[K+]. The van der Waals surface area contributed by atoms with Gasteiger partial charge in [-0.1, -0.05) is 96.8 Å². The molecule has 0 spiro atoms. The van der Waals surface area contributed by atoms with Crippen molar-refractivity contribution < 1.29 is 70.6 Å². The van der Waals surface area contributed by atoms with Crippen LogP contribution in [0.3, 0.4) is 0 Å². The van der Waals surface area contributed by atoms with Crippen LogP contribution in [-0.2, 0) is 14.9 Å². The third-order valence-electron chi connectivity index (χ3n) is 4.96. The van der Waals surface area contributed by atoms with Crippen molar-refractivity contribution in [2.24, 2.45) is 5.73 Å². The molecule has 0 saturated carbocycles. The van der Waals surface area contributed by atoms with Crippen molar-refractivity contribution in [3.8, 4) is 0 Å². The Bertz CT molecular complexity index is 449. The zero-order valence-corrected chi connectivity index (χ0v) is 21.7. The third kappa shape index (κ3) is 18.9. The first-order valence-corrected chi connectivity index (χ1v) is 12.1. The van der Waals surface area contributed by atoms with Gasteiger partial charge in [0.2, 0.25) is 0 Å². The van der Waals surface area contributed by atoms with Gasteiger partial charge in [-0.3, -0.25) is 9.35 Å². The molecule has 0 amide bonds. The van der Waals surface area contributed by atoms with Gasteiger partial charge in [-0.2, -0.15) is 8.42 Å². The second-order valence-electron chi connectivity index (χ2n) is 7.41. The molecule has 27 heavy (non-hydrogen) atoms. The molecule has 0 radical (unpaired) electrons. The molecule has 0 aromatic heterocycles. The van der Waals surface area contributed by atoms with Crippen LogP contribution in [0.25, 0.3) is 0 Å². The quantitative estimate of drug-likeness (QED) is 0.185. The predicted octanol–water partition coefficient (Wildman–Crippen LogP) is 2.15. The van der Waals surface area contributed by atoms with Crippen LogP contribution in [-0.4, -0.2) is 30.5 Å². The summed E-state index contributed by atoms with van der Waals surface area (Å²) in [6.07, 6.45) is 18.8. The number of hydrogen-bond donors (Lipinski definition) is 2. The average Bonchev–Trinajstić information content (AvgIpc) is 2.57. The van der Waals surface area contributed by atoms with Gasteiger partial charge in [0.05, 0.1) is 0 Å². The van der Waals surface area contributed by atoms with Crippen molar-refractivity contribution in [3.63, 3.8) is 0 Å². The van der Waals surface area contributed by atoms with Crippen LogP contribution < -0.4 is 57.1 Å². The normalized spacial score (nSPS) is 12.6. The summed E-state index contributed by atoms with van der Waals surface area (Å²) in [6.45, 7) is 1.90. The molecule has 7 heteroatoms. The van der Waals surface area contributed by atoms with E-state index >= 15 is 0 Å². The van der Waals surface area contributed by atoms with Gasteiger partial charge in [0, 0.05) is 13.0 Å². The van der Waals surface area contributed by atoms with Crippen molar-refractivity contribution in [3.05, 3.63) is 0 Å². The second kappa shape index (κ2) is 20.4. The topological polar surface area (TPSA) is 97.5 Å². The Labute approximate surface area is 211 Å². The monoisotopic (exact) mass is 431 g/mol.